The summed E-state index contributed by atoms with van der Waals surface area (Å²) in [7, 11) is -0.812. The van der Waals surface area contributed by atoms with Gasteiger partial charge in [-0.05, 0) is 25.5 Å². The molecular weight excluding hydrogens is 248 g/mol. The van der Waals surface area contributed by atoms with Crippen molar-refractivity contribution in [2.24, 2.45) is 0 Å². The second-order valence-electron chi connectivity index (χ2n) is 4.51. The number of rotatable bonds is 4. The molecule has 18 heavy (non-hydrogen) atoms. The van der Waals surface area contributed by atoms with Crippen LogP contribution in [-0.4, -0.2) is 30.2 Å². The lowest BCUT2D eigenvalue weighted by Gasteiger charge is -2.10. The molecule has 0 bridgehead atoms. The van der Waals surface area contributed by atoms with Crippen LogP contribution in [0.4, 0.5) is 5.95 Å². The second kappa shape index (κ2) is 5.06. The number of imidazole rings is 1. The van der Waals surface area contributed by atoms with Gasteiger partial charge in [0.15, 0.2) is 5.65 Å². The third-order valence-electron chi connectivity index (χ3n) is 3.09. The van der Waals surface area contributed by atoms with Crippen LogP contribution in [0.25, 0.3) is 11.2 Å². The maximum absolute atomic E-state index is 11.3. The molecule has 2 atom stereocenters. The quantitative estimate of drug-likeness (QED) is 0.909. The number of hydrogen-bond acceptors (Lipinski definition) is 4. The third kappa shape index (κ3) is 2.53. The first kappa shape index (κ1) is 13.0. The van der Waals surface area contributed by atoms with Crippen LogP contribution in [0, 0.1) is 6.92 Å². The molecule has 0 aliphatic heterocycles. The van der Waals surface area contributed by atoms with Crippen LogP contribution in [0.3, 0.4) is 0 Å². The van der Waals surface area contributed by atoms with Crippen LogP contribution >= 0.6 is 0 Å². The molecule has 0 aliphatic carbocycles. The van der Waals surface area contributed by atoms with Gasteiger partial charge in [0.2, 0.25) is 5.95 Å². The summed E-state index contributed by atoms with van der Waals surface area (Å²) >= 11 is 0. The lowest BCUT2D eigenvalue weighted by Crippen LogP contribution is -2.14. The Hall–Kier alpha value is -1.43. The molecule has 0 radical (unpaired) electrons. The van der Waals surface area contributed by atoms with E-state index in [1.165, 1.54) is 0 Å². The zero-order chi connectivity index (χ0) is 13.3. The minimum atomic E-state index is -0.812. The highest BCUT2D eigenvalue weighted by Gasteiger charge is 2.12. The molecule has 0 fully saturated rings. The van der Waals surface area contributed by atoms with E-state index in [0.29, 0.717) is 12.5 Å². The number of anilines is 1. The van der Waals surface area contributed by atoms with Gasteiger partial charge in [0.25, 0.3) is 0 Å². The SMILES string of the molecule is Cc1ccc2nc(N)n(CCC(C)S(C)=O)c2n1. The van der Waals surface area contributed by atoms with Crippen molar-refractivity contribution < 1.29 is 4.21 Å². The molecule has 2 rings (SSSR count). The van der Waals surface area contributed by atoms with Gasteiger partial charge in [-0.15, -0.1) is 0 Å². The summed E-state index contributed by atoms with van der Waals surface area (Å²) in [5.74, 6) is 0.470. The lowest BCUT2D eigenvalue weighted by molar-refractivity contribution is 0.630. The maximum Gasteiger partial charge on any atom is 0.202 e. The van der Waals surface area contributed by atoms with Crippen molar-refractivity contribution in [3.63, 3.8) is 0 Å². The van der Waals surface area contributed by atoms with E-state index in [-0.39, 0.29) is 5.25 Å². The normalized spacial score (nSPS) is 14.8. The molecule has 2 aromatic heterocycles. The minimum absolute atomic E-state index is 0.145. The van der Waals surface area contributed by atoms with Crippen LogP contribution in [-0.2, 0) is 17.3 Å². The van der Waals surface area contributed by atoms with Crippen molar-refractivity contribution >= 4 is 27.9 Å². The third-order valence-corrected chi connectivity index (χ3v) is 4.46. The summed E-state index contributed by atoms with van der Waals surface area (Å²) in [6, 6.07) is 3.84. The van der Waals surface area contributed by atoms with Gasteiger partial charge in [-0.2, -0.15) is 0 Å². The Labute approximate surface area is 109 Å². The average molecular weight is 266 g/mol. The van der Waals surface area contributed by atoms with Gasteiger partial charge in [-0.1, -0.05) is 6.92 Å². The molecule has 0 aliphatic rings. The van der Waals surface area contributed by atoms with Gasteiger partial charge >= 0.3 is 0 Å². The predicted octanol–water partition coefficient (Wildman–Crippen LogP) is 1.48. The Morgan fingerprint density at radius 1 is 1.44 bits per heavy atom. The van der Waals surface area contributed by atoms with E-state index in [1.54, 1.807) is 6.26 Å². The summed E-state index contributed by atoms with van der Waals surface area (Å²) < 4.78 is 13.2. The summed E-state index contributed by atoms with van der Waals surface area (Å²) in [5, 5.41) is 0.145. The van der Waals surface area contributed by atoms with Gasteiger partial charge in [-0.25, -0.2) is 9.97 Å². The van der Waals surface area contributed by atoms with Crippen molar-refractivity contribution in [1.29, 1.82) is 0 Å². The number of pyridine rings is 1. The fourth-order valence-corrected chi connectivity index (χ4v) is 2.25. The number of nitrogens with zero attached hydrogens (tertiary/aromatic N) is 3. The maximum atomic E-state index is 11.3. The molecule has 0 amide bonds. The van der Waals surface area contributed by atoms with E-state index in [4.69, 9.17) is 5.73 Å². The molecule has 0 saturated carbocycles. The molecule has 5 nitrogen and oxygen atoms in total. The topological polar surface area (TPSA) is 73.8 Å². The monoisotopic (exact) mass is 266 g/mol. The smallest absolute Gasteiger partial charge is 0.202 e. The first-order valence-corrected chi connectivity index (χ1v) is 7.52. The zero-order valence-electron chi connectivity index (χ0n) is 10.9. The number of aryl methyl sites for hydroxylation is 2. The van der Waals surface area contributed by atoms with Crippen molar-refractivity contribution in [2.45, 2.75) is 32.1 Å². The Morgan fingerprint density at radius 2 is 2.17 bits per heavy atom. The van der Waals surface area contributed by atoms with E-state index in [0.717, 1.165) is 23.3 Å². The molecule has 2 unspecified atom stereocenters. The first-order valence-electron chi connectivity index (χ1n) is 5.90. The predicted molar refractivity (Wildman–Crippen MR) is 74.8 cm³/mol. The van der Waals surface area contributed by atoms with E-state index in [9.17, 15) is 4.21 Å². The van der Waals surface area contributed by atoms with Crippen molar-refractivity contribution in [3.05, 3.63) is 17.8 Å². The Kier molecular flexibility index (Phi) is 3.65. The molecule has 2 heterocycles. The van der Waals surface area contributed by atoms with Crippen LogP contribution in [0.15, 0.2) is 12.1 Å². The van der Waals surface area contributed by atoms with Crippen molar-refractivity contribution in [3.8, 4) is 0 Å². The Morgan fingerprint density at radius 3 is 2.83 bits per heavy atom. The van der Waals surface area contributed by atoms with Crippen molar-refractivity contribution in [1.82, 2.24) is 14.5 Å². The summed E-state index contributed by atoms with van der Waals surface area (Å²) in [6.07, 6.45) is 2.52. The molecule has 2 aromatic rings. The summed E-state index contributed by atoms with van der Waals surface area (Å²) in [6.45, 7) is 4.61. The number of hydrogen-bond donors (Lipinski definition) is 1. The number of nitrogen functional groups attached to an aromatic ring is 1. The van der Waals surface area contributed by atoms with Gasteiger partial charge in [0, 0.05) is 34.5 Å². The highest BCUT2D eigenvalue weighted by Crippen LogP contribution is 2.17. The summed E-state index contributed by atoms with van der Waals surface area (Å²) in [4.78, 5) is 8.74. The largest absolute Gasteiger partial charge is 0.369 e. The standard InChI is InChI=1S/C12H18N4OS/c1-8-4-5-10-11(14-8)16(12(13)15-10)7-6-9(2)18(3)17/h4-5,9H,6-7H2,1-3H3,(H2,13,15). The Balaban J connectivity index is 2.29. The molecule has 98 valence electrons. The number of aromatic nitrogens is 3. The fourth-order valence-electron chi connectivity index (χ4n) is 1.81. The summed E-state index contributed by atoms with van der Waals surface area (Å²) in [5.41, 5.74) is 8.46. The molecule has 2 N–H and O–H groups in total. The van der Waals surface area contributed by atoms with Crippen molar-refractivity contribution in [2.75, 3.05) is 12.0 Å². The molecule has 0 aromatic carbocycles. The molecule has 0 saturated heterocycles. The zero-order valence-corrected chi connectivity index (χ0v) is 11.7. The molecule has 0 spiro atoms. The molecule has 6 heteroatoms. The van der Waals surface area contributed by atoms with Gasteiger partial charge < -0.3 is 5.73 Å². The van der Waals surface area contributed by atoms with Crippen LogP contribution in [0.1, 0.15) is 19.0 Å². The molecular formula is C12H18N4OS. The van der Waals surface area contributed by atoms with Crippen LogP contribution in [0.2, 0.25) is 0 Å². The number of fused-ring (bicyclic) bond motifs is 1. The minimum Gasteiger partial charge on any atom is -0.369 e. The average Bonchev–Trinajstić information content (AvgIpc) is 2.61. The highest BCUT2D eigenvalue weighted by molar-refractivity contribution is 7.84. The van der Waals surface area contributed by atoms with E-state index in [2.05, 4.69) is 9.97 Å². The van der Waals surface area contributed by atoms with Crippen LogP contribution in [0.5, 0.6) is 0 Å². The fraction of sp³-hybridized carbons (Fsp3) is 0.500. The van der Waals surface area contributed by atoms with Gasteiger partial charge in [-0.3, -0.25) is 8.78 Å². The van der Waals surface area contributed by atoms with Gasteiger partial charge in [0.05, 0.1) is 0 Å². The first-order chi connectivity index (χ1) is 8.49. The van der Waals surface area contributed by atoms with Crippen LogP contribution < -0.4 is 5.73 Å². The highest BCUT2D eigenvalue weighted by atomic mass is 32.2. The Bertz CT molecular complexity index is 593. The number of nitrogens with two attached hydrogens (primary N) is 1. The lowest BCUT2D eigenvalue weighted by atomic mass is 10.3. The second-order valence-corrected chi connectivity index (χ2v) is 6.32. The van der Waals surface area contributed by atoms with E-state index < -0.39 is 10.8 Å². The van der Waals surface area contributed by atoms with E-state index in [1.807, 2.05) is 30.5 Å². The van der Waals surface area contributed by atoms with E-state index >= 15 is 0 Å². The van der Waals surface area contributed by atoms with Gasteiger partial charge in [0.1, 0.15) is 5.52 Å².